The van der Waals surface area contributed by atoms with Gasteiger partial charge in [-0.05, 0) is 0 Å². The molecule has 0 aliphatic carbocycles. The van der Waals surface area contributed by atoms with Gasteiger partial charge in [0, 0.05) is 0 Å². The Morgan fingerprint density at radius 3 is 0.667 bits per heavy atom. The summed E-state index contributed by atoms with van der Waals surface area (Å²) >= 11 is 0.750. The second-order valence-corrected chi connectivity index (χ2v) is 1.22. The topological polar surface area (TPSA) is 166 Å². The molecule has 0 rings (SSSR count). The molecule has 0 bridgehead atoms. The maximum absolute atomic E-state index is 9.10. The van der Waals surface area contributed by atoms with E-state index in [1.54, 1.807) is 0 Å². The molecule has 0 amide bonds. The van der Waals surface area contributed by atoms with E-state index >= 15 is 0 Å². The van der Waals surface area contributed by atoms with Gasteiger partial charge in [-0.3, -0.25) is 0 Å². The van der Waals surface area contributed by atoms with E-state index in [1.165, 1.54) is 0 Å². The van der Waals surface area contributed by atoms with Gasteiger partial charge < -0.3 is 20.4 Å². The number of hydrogen-bond donors (Lipinski definition) is 4. The van der Waals surface area contributed by atoms with Crippen LogP contribution in [0, 0.1) is 0 Å². The second kappa shape index (κ2) is 16.4. The molecule has 0 aromatic heterocycles. The Morgan fingerprint density at radius 1 is 0.600 bits per heavy atom. The predicted octanol–water partition coefficient (Wildman–Crippen LogP) is -2.19. The van der Waals surface area contributed by atoms with Crippen LogP contribution in [0.25, 0.3) is 0 Å². The van der Waals surface area contributed by atoms with Crippen molar-refractivity contribution in [2.45, 2.75) is 0 Å². The molecule has 11 heteroatoms. The molecule has 0 saturated heterocycles. The van der Waals surface area contributed by atoms with Crippen molar-refractivity contribution in [3.05, 3.63) is 0 Å². The molecule has 0 fully saturated rings. The summed E-state index contributed by atoms with van der Waals surface area (Å²) in [7, 11) is 0. The number of aliphatic carboxylic acids is 4. The minimum atomic E-state index is -1.82. The minimum absolute atomic E-state index is 0. The van der Waals surface area contributed by atoms with Crippen LogP contribution in [0.2, 0.25) is 0 Å². The van der Waals surface area contributed by atoms with E-state index in [0.717, 1.165) is 20.4 Å². The van der Waals surface area contributed by atoms with E-state index in [-0.39, 0.29) is 48.9 Å². The summed E-state index contributed by atoms with van der Waals surface area (Å²) in [6.45, 7) is 0. The van der Waals surface area contributed by atoms with Crippen LogP contribution in [0.5, 0.6) is 0 Å². The van der Waals surface area contributed by atoms with E-state index < -0.39 is 23.9 Å². The predicted molar refractivity (Wildman–Crippen MR) is 37.0 cm³/mol. The molecule has 0 atom stereocenters. The summed E-state index contributed by atoms with van der Waals surface area (Å²) in [5.74, 6) is -7.30. The van der Waals surface area contributed by atoms with Crippen molar-refractivity contribution in [3.63, 3.8) is 0 Å². The van der Waals surface area contributed by atoms with E-state index in [2.05, 4.69) is 0 Å². The van der Waals surface area contributed by atoms with Crippen molar-refractivity contribution in [2.75, 3.05) is 0 Å². The van der Waals surface area contributed by atoms with Crippen molar-refractivity contribution in [3.8, 4) is 0 Å². The zero-order chi connectivity index (χ0) is 12.3. The standard InChI is InChI=1S/2C2H2O4.Ba.O.Ti/c2*3-1(4)2(5)6;;;/h2*(H,3,4)(H,5,6);;;/q;;+2;;. The molecule has 9 nitrogen and oxygen atoms in total. The summed E-state index contributed by atoms with van der Waals surface area (Å²) in [6, 6.07) is 0. The van der Waals surface area contributed by atoms with Crippen LogP contribution >= 0.6 is 0 Å². The van der Waals surface area contributed by atoms with Gasteiger partial charge in [0.25, 0.3) is 0 Å². The molecule has 0 unspecified atom stereocenters. The van der Waals surface area contributed by atoms with Gasteiger partial charge in [-0.1, -0.05) is 0 Å². The van der Waals surface area contributed by atoms with Crippen LogP contribution < -0.4 is 0 Å². The van der Waals surface area contributed by atoms with Crippen molar-refractivity contribution >= 4 is 72.8 Å². The van der Waals surface area contributed by atoms with E-state index in [0.29, 0.717) is 0 Å². The van der Waals surface area contributed by atoms with Crippen LogP contribution in [0.4, 0.5) is 0 Å². The molecule has 0 heterocycles. The summed E-state index contributed by atoms with van der Waals surface area (Å²) in [4.78, 5) is 36.4. The number of carboxylic acids is 4. The first-order chi connectivity index (χ1) is 6.29. The zero-order valence-electron chi connectivity index (χ0n) is 7.04. The van der Waals surface area contributed by atoms with Crippen molar-refractivity contribution in [1.82, 2.24) is 0 Å². The summed E-state index contributed by atoms with van der Waals surface area (Å²) in [5, 5.41) is 29.6. The Morgan fingerprint density at radius 2 is 0.667 bits per heavy atom. The molecule has 0 aliphatic heterocycles. The van der Waals surface area contributed by atoms with Crippen LogP contribution in [-0.2, 0) is 42.9 Å². The Balaban J connectivity index is -0.0000000653. The molecule has 0 saturated carbocycles. The average Bonchev–Trinajstić information content (AvgIpc) is 2.08. The molecule has 15 heavy (non-hydrogen) atoms. The quantitative estimate of drug-likeness (QED) is 0.269. The van der Waals surface area contributed by atoms with Gasteiger partial charge in [0.15, 0.2) is 0 Å². The van der Waals surface area contributed by atoms with Crippen molar-refractivity contribution in [1.29, 1.82) is 0 Å². The number of hydrogen-bond acceptors (Lipinski definition) is 5. The van der Waals surface area contributed by atoms with Crippen LogP contribution in [0.1, 0.15) is 0 Å². The van der Waals surface area contributed by atoms with Gasteiger partial charge in [0.1, 0.15) is 0 Å². The van der Waals surface area contributed by atoms with Gasteiger partial charge in [0.05, 0.1) is 0 Å². The Kier molecular flexibility index (Phi) is 26.5. The van der Waals surface area contributed by atoms with Crippen LogP contribution in [-0.4, -0.2) is 93.2 Å². The average molecular weight is 381 g/mol. The fourth-order valence-corrected chi connectivity index (χ4v) is 0. The third-order valence-corrected chi connectivity index (χ3v) is 0.366. The van der Waals surface area contributed by atoms with Gasteiger partial charge >= 0.3 is 96.5 Å². The maximum atomic E-state index is 9.10. The Hall–Kier alpha value is -0.0343. The first-order valence-electron chi connectivity index (χ1n) is 2.42. The molecule has 0 aromatic rings. The van der Waals surface area contributed by atoms with Gasteiger partial charge in [-0.2, -0.15) is 0 Å². The van der Waals surface area contributed by atoms with Crippen LogP contribution in [0.15, 0.2) is 0 Å². The van der Waals surface area contributed by atoms with Crippen LogP contribution in [0.3, 0.4) is 0 Å². The number of carbonyl (C=O) groups is 4. The monoisotopic (exact) mass is 382 g/mol. The Labute approximate surface area is 134 Å². The fourth-order valence-electron chi connectivity index (χ4n) is 0. The molecule has 4 N–H and O–H groups in total. The summed E-state index contributed by atoms with van der Waals surface area (Å²) in [5.41, 5.74) is 0. The first kappa shape index (κ1) is 24.3. The van der Waals surface area contributed by atoms with Gasteiger partial charge in [-0.15, -0.1) is 0 Å². The molecular formula is C4H4BaO9Ti+2. The zero-order valence-corrected chi connectivity index (χ0v) is 13.0. The molecule has 0 radical (unpaired) electrons. The molecule has 0 aromatic carbocycles. The summed E-state index contributed by atoms with van der Waals surface area (Å²) in [6.07, 6.45) is 0. The number of rotatable bonds is 0. The normalized spacial score (nSPS) is 6.07. The number of carboxylic acid groups (broad SMARTS) is 4. The van der Waals surface area contributed by atoms with E-state index in [1.807, 2.05) is 0 Å². The van der Waals surface area contributed by atoms with Crippen molar-refractivity contribution in [2.24, 2.45) is 0 Å². The van der Waals surface area contributed by atoms with E-state index in [9.17, 15) is 0 Å². The Bertz CT molecular complexity index is 190. The molecule has 0 spiro atoms. The third-order valence-electron chi connectivity index (χ3n) is 0.366. The van der Waals surface area contributed by atoms with Gasteiger partial charge in [0.2, 0.25) is 0 Å². The molecule has 78 valence electrons. The van der Waals surface area contributed by atoms with Crippen molar-refractivity contribution < 1.29 is 63.3 Å². The SMILES string of the molecule is O=C(O)C(=O)O.O=C(O)C(=O)O.[Ba+2].[O]=[Ti]. The summed E-state index contributed by atoms with van der Waals surface area (Å²) < 4.78 is 8.25. The molecule has 0 aliphatic rings. The second-order valence-electron chi connectivity index (χ2n) is 1.22. The van der Waals surface area contributed by atoms with Gasteiger partial charge in [-0.25, -0.2) is 19.2 Å². The fraction of sp³-hybridized carbons (Fsp3) is 0. The molecular weight excluding hydrogens is 377 g/mol. The van der Waals surface area contributed by atoms with E-state index in [4.69, 9.17) is 42.9 Å². The first-order valence-corrected chi connectivity index (χ1v) is 3.05. The third kappa shape index (κ3) is 31.5.